The van der Waals surface area contributed by atoms with E-state index in [0.29, 0.717) is 18.7 Å². The molecule has 0 saturated carbocycles. The molecule has 0 fully saturated rings. The van der Waals surface area contributed by atoms with E-state index >= 15 is 0 Å². The first-order valence-corrected chi connectivity index (χ1v) is 8.87. The molecule has 0 spiro atoms. The summed E-state index contributed by atoms with van der Waals surface area (Å²) in [5.41, 5.74) is 1.36. The molecule has 2 N–H and O–H groups in total. The van der Waals surface area contributed by atoms with Gasteiger partial charge in [-0.3, -0.25) is 9.69 Å². The van der Waals surface area contributed by atoms with E-state index in [2.05, 4.69) is 22.1 Å². The SMILES string of the molecule is Cc1csc([C@@H](C)N(C)CCC(=O)Nc2ccsc2C(=O)O)n1. The lowest BCUT2D eigenvalue weighted by Crippen LogP contribution is -2.27. The van der Waals surface area contributed by atoms with Crippen molar-refractivity contribution in [3.8, 4) is 0 Å². The second-order valence-electron chi connectivity index (χ2n) is 5.25. The number of hydrogen-bond donors (Lipinski definition) is 2. The van der Waals surface area contributed by atoms with Crippen LogP contribution in [0.5, 0.6) is 0 Å². The number of rotatable bonds is 7. The summed E-state index contributed by atoms with van der Waals surface area (Å²) in [6.07, 6.45) is 0.292. The maximum absolute atomic E-state index is 12.0. The van der Waals surface area contributed by atoms with Gasteiger partial charge in [0.2, 0.25) is 5.91 Å². The zero-order chi connectivity index (χ0) is 17.0. The number of carboxylic acids is 1. The van der Waals surface area contributed by atoms with Gasteiger partial charge in [-0.25, -0.2) is 9.78 Å². The van der Waals surface area contributed by atoms with Crippen molar-refractivity contribution in [2.75, 3.05) is 18.9 Å². The molecule has 1 amide bonds. The summed E-state index contributed by atoms with van der Waals surface area (Å²) in [7, 11) is 1.95. The molecule has 1 atom stereocenters. The predicted molar refractivity (Wildman–Crippen MR) is 92.4 cm³/mol. The maximum Gasteiger partial charge on any atom is 0.348 e. The molecular formula is C15H19N3O3S2. The molecule has 0 bridgehead atoms. The highest BCUT2D eigenvalue weighted by Gasteiger charge is 2.17. The van der Waals surface area contributed by atoms with E-state index in [9.17, 15) is 9.59 Å². The van der Waals surface area contributed by atoms with Gasteiger partial charge in [0.25, 0.3) is 0 Å². The number of aromatic carboxylic acids is 1. The van der Waals surface area contributed by atoms with E-state index in [1.54, 1.807) is 22.8 Å². The van der Waals surface area contributed by atoms with Crippen LogP contribution >= 0.6 is 22.7 Å². The Labute approximate surface area is 142 Å². The molecule has 23 heavy (non-hydrogen) atoms. The third-order valence-electron chi connectivity index (χ3n) is 3.48. The fraction of sp³-hybridized carbons (Fsp3) is 0.400. The number of aromatic nitrogens is 1. The number of anilines is 1. The van der Waals surface area contributed by atoms with Gasteiger partial charge in [-0.05, 0) is 32.3 Å². The summed E-state index contributed by atoms with van der Waals surface area (Å²) in [5.74, 6) is -1.22. The molecule has 2 aromatic rings. The number of aryl methyl sites for hydroxylation is 1. The number of nitrogens with zero attached hydrogens (tertiary/aromatic N) is 2. The number of carbonyl (C=O) groups is 2. The smallest absolute Gasteiger partial charge is 0.348 e. The monoisotopic (exact) mass is 353 g/mol. The lowest BCUT2D eigenvalue weighted by atomic mass is 10.2. The minimum absolute atomic E-state index is 0.136. The number of carbonyl (C=O) groups excluding carboxylic acids is 1. The lowest BCUT2D eigenvalue weighted by molar-refractivity contribution is -0.116. The van der Waals surface area contributed by atoms with Crippen LogP contribution in [-0.4, -0.2) is 40.5 Å². The molecule has 2 aromatic heterocycles. The molecule has 124 valence electrons. The van der Waals surface area contributed by atoms with Crippen LogP contribution in [-0.2, 0) is 4.79 Å². The fourth-order valence-corrected chi connectivity index (χ4v) is 3.61. The Morgan fingerprint density at radius 2 is 2.17 bits per heavy atom. The van der Waals surface area contributed by atoms with Gasteiger partial charge in [-0.1, -0.05) is 0 Å². The number of thiophene rings is 1. The van der Waals surface area contributed by atoms with Crippen molar-refractivity contribution >= 4 is 40.2 Å². The van der Waals surface area contributed by atoms with Gasteiger partial charge in [0.05, 0.1) is 11.7 Å². The van der Waals surface area contributed by atoms with Gasteiger partial charge < -0.3 is 10.4 Å². The van der Waals surface area contributed by atoms with E-state index in [1.165, 1.54) is 0 Å². The number of thiazole rings is 1. The molecule has 2 heterocycles. The molecule has 8 heteroatoms. The highest BCUT2D eigenvalue weighted by atomic mass is 32.1. The van der Waals surface area contributed by atoms with Gasteiger partial charge in [0.15, 0.2) is 0 Å². The van der Waals surface area contributed by atoms with Crippen molar-refractivity contribution in [3.05, 3.63) is 32.4 Å². The summed E-state index contributed by atoms with van der Waals surface area (Å²) < 4.78 is 0. The zero-order valence-electron chi connectivity index (χ0n) is 13.2. The highest BCUT2D eigenvalue weighted by Crippen LogP contribution is 2.24. The zero-order valence-corrected chi connectivity index (χ0v) is 14.8. The first-order chi connectivity index (χ1) is 10.9. The normalized spacial score (nSPS) is 12.3. The number of carboxylic acid groups (broad SMARTS) is 1. The standard InChI is InChI=1S/C15H19N3O3S2/c1-9-8-23-14(16-9)10(2)18(3)6-4-12(19)17-11-5-7-22-13(11)15(20)21/h5,7-8,10H,4,6H2,1-3H3,(H,17,19)(H,20,21)/t10-/m1/s1. The quantitative estimate of drug-likeness (QED) is 0.798. The van der Waals surface area contributed by atoms with Gasteiger partial charge >= 0.3 is 5.97 Å². The molecule has 0 unspecified atom stereocenters. The van der Waals surface area contributed by atoms with Crippen molar-refractivity contribution in [2.24, 2.45) is 0 Å². The molecule has 0 radical (unpaired) electrons. The minimum atomic E-state index is -1.03. The van der Waals surface area contributed by atoms with Crippen LogP contribution < -0.4 is 5.32 Å². The molecule has 0 aliphatic carbocycles. The van der Waals surface area contributed by atoms with Crippen LogP contribution in [0.25, 0.3) is 0 Å². The van der Waals surface area contributed by atoms with Crippen LogP contribution in [0.3, 0.4) is 0 Å². The van der Waals surface area contributed by atoms with Crippen LogP contribution in [0.15, 0.2) is 16.8 Å². The van der Waals surface area contributed by atoms with Crippen LogP contribution in [0, 0.1) is 6.92 Å². The Morgan fingerprint density at radius 1 is 1.43 bits per heavy atom. The first kappa shape index (κ1) is 17.6. The third kappa shape index (κ3) is 4.60. The second kappa shape index (κ2) is 7.67. The van der Waals surface area contributed by atoms with E-state index < -0.39 is 5.97 Å². The minimum Gasteiger partial charge on any atom is -0.477 e. The molecule has 6 nitrogen and oxygen atoms in total. The summed E-state index contributed by atoms with van der Waals surface area (Å²) in [6.45, 7) is 4.58. The van der Waals surface area contributed by atoms with Crippen molar-refractivity contribution in [3.63, 3.8) is 0 Å². The number of hydrogen-bond acceptors (Lipinski definition) is 6. The van der Waals surface area contributed by atoms with Crippen LogP contribution in [0.2, 0.25) is 0 Å². The fourth-order valence-electron chi connectivity index (χ4n) is 2.01. The van der Waals surface area contributed by atoms with E-state index in [1.807, 2.05) is 19.4 Å². The Kier molecular flexibility index (Phi) is 5.86. The Balaban J connectivity index is 1.86. The van der Waals surface area contributed by atoms with E-state index in [-0.39, 0.29) is 16.8 Å². The number of nitrogens with one attached hydrogen (secondary N) is 1. The lowest BCUT2D eigenvalue weighted by Gasteiger charge is -2.22. The summed E-state index contributed by atoms with van der Waals surface area (Å²) in [4.78, 5) is 29.7. The average molecular weight is 353 g/mol. The molecule has 0 aliphatic heterocycles. The Bertz CT molecular complexity index is 696. The van der Waals surface area contributed by atoms with Crippen molar-refractivity contribution < 1.29 is 14.7 Å². The van der Waals surface area contributed by atoms with Gasteiger partial charge in [-0.2, -0.15) is 0 Å². The van der Waals surface area contributed by atoms with Crippen LogP contribution in [0.1, 0.15) is 39.8 Å². The average Bonchev–Trinajstić information content (AvgIpc) is 3.13. The number of amides is 1. The molecular weight excluding hydrogens is 334 g/mol. The Morgan fingerprint density at radius 3 is 2.78 bits per heavy atom. The molecule has 0 saturated heterocycles. The van der Waals surface area contributed by atoms with Crippen LogP contribution in [0.4, 0.5) is 5.69 Å². The second-order valence-corrected chi connectivity index (χ2v) is 7.06. The van der Waals surface area contributed by atoms with Gasteiger partial charge in [0, 0.05) is 24.0 Å². The van der Waals surface area contributed by atoms with Crippen molar-refractivity contribution in [1.82, 2.24) is 9.88 Å². The molecule has 0 aliphatic rings. The van der Waals surface area contributed by atoms with Crippen molar-refractivity contribution in [1.29, 1.82) is 0 Å². The molecule has 2 rings (SSSR count). The topological polar surface area (TPSA) is 82.5 Å². The highest BCUT2D eigenvalue weighted by molar-refractivity contribution is 7.12. The van der Waals surface area contributed by atoms with Crippen molar-refractivity contribution in [2.45, 2.75) is 26.3 Å². The largest absolute Gasteiger partial charge is 0.477 e. The third-order valence-corrected chi connectivity index (χ3v) is 5.52. The van der Waals surface area contributed by atoms with Gasteiger partial charge in [0.1, 0.15) is 9.88 Å². The predicted octanol–water partition coefficient (Wildman–Crippen LogP) is 3.23. The van der Waals surface area contributed by atoms with Gasteiger partial charge in [-0.15, -0.1) is 22.7 Å². The molecule has 0 aromatic carbocycles. The maximum atomic E-state index is 12.0. The Hall–Kier alpha value is -1.77. The van der Waals surface area contributed by atoms with E-state index in [0.717, 1.165) is 22.0 Å². The summed E-state index contributed by atoms with van der Waals surface area (Å²) in [5, 5.41) is 16.4. The summed E-state index contributed by atoms with van der Waals surface area (Å²) in [6, 6.07) is 1.74. The van der Waals surface area contributed by atoms with E-state index in [4.69, 9.17) is 5.11 Å². The first-order valence-electron chi connectivity index (χ1n) is 7.11. The summed E-state index contributed by atoms with van der Waals surface area (Å²) >= 11 is 2.71.